The molecule has 1 aliphatic rings. The first-order valence-corrected chi connectivity index (χ1v) is 6.28. The lowest BCUT2D eigenvalue weighted by atomic mass is 9.99. The van der Waals surface area contributed by atoms with Gasteiger partial charge in [-0.1, -0.05) is 37.3 Å². The van der Waals surface area contributed by atoms with Crippen molar-refractivity contribution in [2.45, 2.75) is 19.8 Å². The van der Waals surface area contributed by atoms with Crippen LogP contribution in [0.3, 0.4) is 0 Å². The number of rotatable bonds is 2. The summed E-state index contributed by atoms with van der Waals surface area (Å²) in [6.45, 7) is 4.06. The molecule has 1 saturated heterocycles. The molecule has 1 heterocycles. The van der Waals surface area contributed by atoms with Crippen molar-refractivity contribution >= 4 is 12.0 Å². The number of likely N-dealkylation sites (tertiary alicyclic amines) is 1. The summed E-state index contributed by atoms with van der Waals surface area (Å²) in [4.78, 5) is 13.9. The van der Waals surface area contributed by atoms with Crippen LogP contribution in [-0.4, -0.2) is 23.9 Å². The van der Waals surface area contributed by atoms with Gasteiger partial charge in [-0.05, 0) is 30.4 Å². The zero-order chi connectivity index (χ0) is 12.1. The Hall–Kier alpha value is -1.57. The van der Waals surface area contributed by atoms with Gasteiger partial charge in [0.15, 0.2) is 0 Å². The van der Waals surface area contributed by atoms with Gasteiger partial charge in [-0.3, -0.25) is 4.79 Å². The molecular formula is C15H19NO. The maximum absolute atomic E-state index is 11.9. The Bertz CT molecular complexity index is 389. The molecule has 0 unspecified atom stereocenters. The smallest absolute Gasteiger partial charge is 0.246 e. The molecule has 0 spiro atoms. The molecule has 0 atom stereocenters. The number of nitrogens with zero attached hydrogens (tertiary/aromatic N) is 1. The lowest BCUT2D eigenvalue weighted by molar-refractivity contribution is -0.127. The molecule has 17 heavy (non-hydrogen) atoms. The zero-order valence-electron chi connectivity index (χ0n) is 10.3. The van der Waals surface area contributed by atoms with Gasteiger partial charge >= 0.3 is 0 Å². The fourth-order valence-electron chi connectivity index (χ4n) is 2.07. The third-order valence-electron chi connectivity index (χ3n) is 3.31. The Morgan fingerprint density at radius 3 is 2.53 bits per heavy atom. The first kappa shape index (κ1) is 11.9. The molecule has 2 rings (SSSR count). The highest BCUT2D eigenvalue weighted by Gasteiger charge is 2.18. The number of hydrogen-bond acceptors (Lipinski definition) is 1. The molecule has 2 nitrogen and oxygen atoms in total. The Morgan fingerprint density at radius 2 is 1.88 bits per heavy atom. The largest absolute Gasteiger partial charge is 0.339 e. The van der Waals surface area contributed by atoms with E-state index in [9.17, 15) is 4.79 Å². The lowest BCUT2D eigenvalue weighted by Gasteiger charge is -2.29. The van der Waals surface area contributed by atoms with Gasteiger partial charge in [0.25, 0.3) is 0 Å². The third-order valence-corrected chi connectivity index (χ3v) is 3.31. The van der Waals surface area contributed by atoms with Crippen LogP contribution in [0.4, 0.5) is 0 Å². The molecule has 1 aliphatic heterocycles. The highest BCUT2D eigenvalue weighted by Crippen LogP contribution is 2.16. The van der Waals surface area contributed by atoms with Gasteiger partial charge in [-0.25, -0.2) is 0 Å². The van der Waals surface area contributed by atoms with Crippen molar-refractivity contribution in [2.75, 3.05) is 13.1 Å². The molecule has 1 amide bonds. The Kier molecular flexibility index (Phi) is 3.97. The molecule has 0 bridgehead atoms. The summed E-state index contributed by atoms with van der Waals surface area (Å²) in [6.07, 6.45) is 5.83. The second-order valence-corrected chi connectivity index (χ2v) is 4.75. The van der Waals surface area contributed by atoms with Gasteiger partial charge in [0.1, 0.15) is 0 Å². The molecule has 0 N–H and O–H groups in total. The molecule has 1 aromatic rings. The van der Waals surface area contributed by atoms with Crippen molar-refractivity contribution in [1.29, 1.82) is 0 Å². The van der Waals surface area contributed by atoms with Crippen LogP contribution in [0.15, 0.2) is 36.4 Å². The van der Waals surface area contributed by atoms with Crippen LogP contribution in [0, 0.1) is 5.92 Å². The van der Waals surface area contributed by atoms with Crippen molar-refractivity contribution in [3.8, 4) is 0 Å². The summed E-state index contributed by atoms with van der Waals surface area (Å²) in [7, 11) is 0. The summed E-state index contributed by atoms with van der Waals surface area (Å²) >= 11 is 0. The second kappa shape index (κ2) is 5.67. The van der Waals surface area contributed by atoms with Gasteiger partial charge in [-0.15, -0.1) is 0 Å². The van der Waals surface area contributed by atoms with Crippen molar-refractivity contribution in [3.63, 3.8) is 0 Å². The predicted octanol–water partition coefficient (Wildman–Crippen LogP) is 2.96. The van der Waals surface area contributed by atoms with E-state index in [4.69, 9.17) is 0 Å². The fourth-order valence-corrected chi connectivity index (χ4v) is 2.07. The maximum Gasteiger partial charge on any atom is 0.246 e. The van der Waals surface area contributed by atoms with Gasteiger partial charge in [0.2, 0.25) is 5.91 Å². The van der Waals surface area contributed by atoms with Crippen LogP contribution in [0.2, 0.25) is 0 Å². The van der Waals surface area contributed by atoms with Crippen LogP contribution >= 0.6 is 0 Å². The fraction of sp³-hybridized carbons (Fsp3) is 0.400. The first-order valence-electron chi connectivity index (χ1n) is 6.28. The average Bonchev–Trinajstić information content (AvgIpc) is 2.38. The minimum absolute atomic E-state index is 0.140. The molecule has 0 saturated carbocycles. The SMILES string of the molecule is CC1CCN(C(=O)/C=C\c2ccccc2)CC1. The maximum atomic E-state index is 11.9. The van der Waals surface area contributed by atoms with Crippen LogP contribution in [0.25, 0.3) is 6.08 Å². The van der Waals surface area contributed by atoms with Crippen LogP contribution < -0.4 is 0 Å². The quantitative estimate of drug-likeness (QED) is 0.714. The van der Waals surface area contributed by atoms with Crippen LogP contribution in [0.5, 0.6) is 0 Å². The summed E-state index contributed by atoms with van der Waals surface area (Å²) in [6, 6.07) is 9.94. The lowest BCUT2D eigenvalue weighted by Crippen LogP contribution is -2.36. The van der Waals surface area contributed by atoms with E-state index in [1.807, 2.05) is 41.3 Å². The van der Waals surface area contributed by atoms with Crippen LogP contribution in [0.1, 0.15) is 25.3 Å². The number of piperidine rings is 1. The van der Waals surface area contributed by atoms with Gasteiger partial charge < -0.3 is 4.90 Å². The number of carbonyl (C=O) groups excluding carboxylic acids is 1. The molecule has 90 valence electrons. The summed E-state index contributed by atoms with van der Waals surface area (Å²) < 4.78 is 0. The Labute approximate surface area is 103 Å². The van der Waals surface area contributed by atoms with Crippen LogP contribution in [-0.2, 0) is 4.79 Å². The molecular weight excluding hydrogens is 210 g/mol. The molecule has 2 heteroatoms. The number of carbonyl (C=O) groups is 1. The minimum atomic E-state index is 0.140. The first-order chi connectivity index (χ1) is 8.25. The number of hydrogen-bond donors (Lipinski definition) is 0. The monoisotopic (exact) mass is 229 g/mol. The predicted molar refractivity (Wildman–Crippen MR) is 70.5 cm³/mol. The standard InChI is InChI=1S/C15H19NO/c1-13-9-11-16(12-10-13)15(17)8-7-14-5-3-2-4-6-14/h2-8,13H,9-12H2,1H3/b8-7-. The minimum Gasteiger partial charge on any atom is -0.339 e. The van der Waals surface area contributed by atoms with Crippen molar-refractivity contribution in [2.24, 2.45) is 5.92 Å². The van der Waals surface area contributed by atoms with E-state index in [0.717, 1.165) is 37.4 Å². The summed E-state index contributed by atoms with van der Waals surface area (Å²) in [5.74, 6) is 0.901. The molecule has 0 radical (unpaired) electrons. The molecule has 0 aromatic heterocycles. The second-order valence-electron chi connectivity index (χ2n) is 4.75. The average molecular weight is 229 g/mol. The molecule has 1 aromatic carbocycles. The van der Waals surface area contributed by atoms with Gasteiger partial charge in [-0.2, -0.15) is 0 Å². The van der Waals surface area contributed by atoms with E-state index in [2.05, 4.69) is 6.92 Å². The van der Waals surface area contributed by atoms with E-state index in [0.29, 0.717) is 0 Å². The highest BCUT2D eigenvalue weighted by atomic mass is 16.2. The number of benzene rings is 1. The van der Waals surface area contributed by atoms with Crippen molar-refractivity contribution in [1.82, 2.24) is 4.90 Å². The van der Waals surface area contributed by atoms with E-state index < -0.39 is 0 Å². The highest BCUT2D eigenvalue weighted by molar-refractivity contribution is 5.91. The normalized spacial score (nSPS) is 17.6. The van der Waals surface area contributed by atoms with E-state index >= 15 is 0 Å². The summed E-state index contributed by atoms with van der Waals surface area (Å²) in [5.41, 5.74) is 1.08. The molecule has 0 aliphatic carbocycles. The van der Waals surface area contributed by atoms with E-state index in [-0.39, 0.29) is 5.91 Å². The zero-order valence-corrected chi connectivity index (χ0v) is 10.3. The van der Waals surface area contributed by atoms with Crippen molar-refractivity contribution < 1.29 is 4.79 Å². The van der Waals surface area contributed by atoms with Crippen molar-refractivity contribution in [3.05, 3.63) is 42.0 Å². The van der Waals surface area contributed by atoms with Gasteiger partial charge in [0.05, 0.1) is 0 Å². The molecule has 1 fully saturated rings. The third kappa shape index (κ3) is 3.45. The number of amides is 1. The van der Waals surface area contributed by atoms with E-state index in [1.165, 1.54) is 0 Å². The summed E-state index contributed by atoms with van der Waals surface area (Å²) in [5, 5.41) is 0. The van der Waals surface area contributed by atoms with E-state index in [1.54, 1.807) is 6.08 Å². The Balaban J connectivity index is 1.91. The van der Waals surface area contributed by atoms with Gasteiger partial charge in [0, 0.05) is 19.2 Å². The topological polar surface area (TPSA) is 20.3 Å². The Morgan fingerprint density at radius 1 is 1.24 bits per heavy atom.